The van der Waals surface area contributed by atoms with Crippen LogP contribution in [0.4, 0.5) is 0 Å². The summed E-state index contributed by atoms with van der Waals surface area (Å²) in [6.07, 6.45) is 7.36. The number of unbranched alkanes of at least 4 members (excludes halogenated alkanes) is 2. The van der Waals surface area contributed by atoms with Crippen LogP contribution in [0.1, 0.15) is 38.2 Å². The number of rotatable bonds is 7. The van der Waals surface area contributed by atoms with Gasteiger partial charge in [-0.25, -0.2) is 0 Å². The zero-order chi connectivity index (χ0) is 13.4. The molecule has 0 radical (unpaired) electrons. The Morgan fingerprint density at radius 3 is 2.78 bits per heavy atom. The molecule has 0 spiro atoms. The highest BCUT2D eigenvalue weighted by Gasteiger charge is 2.02. The van der Waals surface area contributed by atoms with E-state index in [9.17, 15) is 10.2 Å². The Hall–Kier alpha value is -1.48. The summed E-state index contributed by atoms with van der Waals surface area (Å²) in [4.78, 5) is 0. The fourth-order valence-corrected chi connectivity index (χ4v) is 1.72. The number of aromatic hydroxyl groups is 1. The number of benzene rings is 1. The van der Waals surface area contributed by atoms with E-state index in [1.807, 2.05) is 6.08 Å². The van der Waals surface area contributed by atoms with Crippen molar-refractivity contribution in [2.75, 3.05) is 7.11 Å². The predicted molar refractivity (Wildman–Crippen MR) is 73.8 cm³/mol. The van der Waals surface area contributed by atoms with Crippen molar-refractivity contribution in [3.63, 3.8) is 0 Å². The number of aliphatic hydroxyl groups excluding tert-OH is 1. The number of aliphatic hydroxyl groups is 1. The maximum atomic E-state index is 9.75. The van der Waals surface area contributed by atoms with E-state index < -0.39 is 6.10 Å². The highest BCUT2D eigenvalue weighted by atomic mass is 16.5. The molecule has 18 heavy (non-hydrogen) atoms. The average Bonchev–Trinajstić information content (AvgIpc) is 2.38. The number of phenolic OH excluding ortho intramolecular Hbond substituents is 1. The SMILES string of the molecule is CCCCCC(O)C=Cc1ccc(O)c(OC)c1. The minimum Gasteiger partial charge on any atom is -0.504 e. The monoisotopic (exact) mass is 250 g/mol. The second kappa shape index (κ2) is 7.77. The topological polar surface area (TPSA) is 49.7 Å². The van der Waals surface area contributed by atoms with Gasteiger partial charge in [-0.05, 0) is 24.1 Å². The summed E-state index contributed by atoms with van der Waals surface area (Å²) in [5.74, 6) is 0.566. The molecule has 0 heterocycles. The van der Waals surface area contributed by atoms with Gasteiger partial charge in [-0.2, -0.15) is 0 Å². The Kier molecular flexibility index (Phi) is 6.29. The average molecular weight is 250 g/mol. The van der Waals surface area contributed by atoms with E-state index in [1.165, 1.54) is 7.11 Å². The van der Waals surface area contributed by atoms with Crippen LogP contribution in [-0.2, 0) is 0 Å². The van der Waals surface area contributed by atoms with Gasteiger partial charge < -0.3 is 14.9 Å². The first-order chi connectivity index (χ1) is 8.67. The molecule has 1 aromatic rings. The van der Waals surface area contributed by atoms with Crippen molar-refractivity contribution in [1.82, 2.24) is 0 Å². The van der Waals surface area contributed by atoms with Crippen LogP contribution in [-0.4, -0.2) is 23.4 Å². The summed E-state index contributed by atoms with van der Waals surface area (Å²) in [7, 11) is 1.52. The molecule has 0 saturated carbocycles. The van der Waals surface area contributed by atoms with Gasteiger partial charge in [0, 0.05) is 0 Å². The normalized spacial score (nSPS) is 12.8. The molecule has 0 amide bonds. The van der Waals surface area contributed by atoms with Crippen LogP contribution in [0.5, 0.6) is 11.5 Å². The Labute approximate surface area is 109 Å². The van der Waals surface area contributed by atoms with Gasteiger partial charge in [0.1, 0.15) is 0 Å². The van der Waals surface area contributed by atoms with E-state index in [4.69, 9.17) is 4.74 Å². The molecule has 3 nitrogen and oxygen atoms in total. The number of ether oxygens (including phenoxy) is 1. The lowest BCUT2D eigenvalue weighted by Crippen LogP contribution is -2.01. The molecule has 0 aliphatic carbocycles. The summed E-state index contributed by atoms with van der Waals surface area (Å²) in [6, 6.07) is 5.11. The first-order valence-corrected chi connectivity index (χ1v) is 6.40. The fraction of sp³-hybridized carbons (Fsp3) is 0.467. The van der Waals surface area contributed by atoms with Gasteiger partial charge in [0.05, 0.1) is 13.2 Å². The van der Waals surface area contributed by atoms with Crippen molar-refractivity contribution in [3.05, 3.63) is 29.8 Å². The molecule has 0 aromatic heterocycles. The van der Waals surface area contributed by atoms with Gasteiger partial charge >= 0.3 is 0 Å². The van der Waals surface area contributed by atoms with Gasteiger partial charge in [-0.3, -0.25) is 0 Å². The summed E-state index contributed by atoms with van der Waals surface area (Å²) >= 11 is 0. The molecule has 0 saturated heterocycles. The molecule has 1 aromatic carbocycles. The highest BCUT2D eigenvalue weighted by Crippen LogP contribution is 2.26. The van der Waals surface area contributed by atoms with Crippen LogP contribution in [0.15, 0.2) is 24.3 Å². The van der Waals surface area contributed by atoms with Gasteiger partial charge in [-0.1, -0.05) is 44.4 Å². The van der Waals surface area contributed by atoms with Crippen LogP contribution in [0, 0.1) is 0 Å². The highest BCUT2D eigenvalue weighted by molar-refractivity contribution is 5.55. The van der Waals surface area contributed by atoms with Crippen molar-refractivity contribution < 1.29 is 14.9 Å². The second-order valence-corrected chi connectivity index (χ2v) is 4.35. The van der Waals surface area contributed by atoms with Crippen molar-refractivity contribution in [2.24, 2.45) is 0 Å². The lowest BCUT2D eigenvalue weighted by molar-refractivity contribution is 0.209. The number of hydrogen-bond donors (Lipinski definition) is 2. The maximum absolute atomic E-state index is 9.75. The third-order valence-electron chi connectivity index (χ3n) is 2.82. The third kappa shape index (κ3) is 4.80. The molecule has 0 aliphatic heterocycles. The van der Waals surface area contributed by atoms with Crippen molar-refractivity contribution in [3.8, 4) is 11.5 Å². The first kappa shape index (κ1) is 14.6. The van der Waals surface area contributed by atoms with E-state index in [-0.39, 0.29) is 5.75 Å². The molecular weight excluding hydrogens is 228 g/mol. The Morgan fingerprint density at radius 2 is 2.11 bits per heavy atom. The van der Waals surface area contributed by atoms with Crippen LogP contribution < -0.4 is 4.74 Å². The smallest absolute Gasteiger partial charge is 0.161 e. The largest absolute Gasteiger partial charge is 0.504 e. The van der Waals surface area contributed by atoms with Crippen LogP contribution in [0.2, 0.25) is 0 Å². The lowest BCUT2D eigenvalue weighted by Gasteiger charge is -2.06. The van der Waals surface area contributed by atoms with E-state index in [0.717, 1.165) is 31.2 Å². The molecule has 1 unspecified atom stereocenters. The second-order valence-electron chi connectivity index (χ2n) is 4.35. The molecular formula is C15H22O3. The molecule has 1 rings (SSSR count). The fourth-order valence-electron chi connectivity index (χ4n) is 1.72. The van der Waals surface area contributed by atoms with E-state index >= 15 is 0 Å². The van der Waals surface area contributed by atoms with Crippen LogP contribution >= 0.6 is 0 Å². The summed E-state index contributed by atoms with van der Waals surface area (Å²) < 4.78 is 5.03. The van der Waals surface area contributed by atoms with Gasteiger partial charge in [0.25, 0.3) is 0 Å². The maximum Gasteiger partial charge on any atom is 0.161 e. The Balaban J connectivity index is 2.55. The molecule has 1 atom stereocenters. The van der Waals surface area contributed by atoms with Crippen molar-refractivity contribution >= 4 is 6.08 Å². The molecule has 0 fully saturated rings. The summed E-state index contributed by atoms with van der Waals surface area (Å²) in [6.45, 7) is 2.14. The minimum absolute atomic E-state index is 0.123. The van der Waals surface area contributed by atoms with Gasteiger partial charge in [0.15, 0.2) is 11.5 Å². The van der Waals surface area contributed by atoms with Crippen molar-refractivity contribution in [2.45, 2.75) is 38.7 Å². The molecule has 2 N–H and O–H groups in total. The lowest BCUT2D eigenvalue weighted by atomic mass is 10.1. The van der Waals surface area contributed by atoms with Gasteiger partial charge in [-0.15, -0.1) is 0 Å². The van der Waals surface area contributed by atoms with E-state index in [0.29, 0.717) is 5.75 Å². The molecule has 3 heteroatoms. The number of hydrogen-bond acceptors (Lipinski definition) is 3. The van der Waals surface area contributed by atoms with Crippen LogP contribution in [0.25, 0.3) is 6.08 Å². The molecule has 0 aliphatic rings. The number of phenols is 1. The minimum atomic E-state index is -0.406. The van der Waals surface area contributed by atoms with Crippen molar-refractivity contribution in [1.29, 1.82) is 0 Å². The third-order valence-corrected chi connectivity index (χ3v) is 2.82. The summed E-state index contributed by atoms with van der Waals surface area (Å²) in [5.41, 5.74) is 0.902. The standard InChI is InChI=1S/C15H22O3/c1-3-4-5-6-13(16)9-7-12-8-10-14(17)15(11-12)18-2/h7-11,13,16-17H,3-6H2,1-2H3. The predicted octanol–water partition coefficient (Wildman–Crippen LogP) is 3.36. The van der Waals surface area contributed by atoms with E-state index in [1.54, 1.807) is 24.3 Å². The van der Waals surface area contributed by atoms with E-state index in [2.05, 4.69) is 6.92 Å². The first-order valence-electron chi connectivity index (χ1n) is 6.40. The van der Waals surface area contributed by atoms with Crippen LogP contribution in [0.3, 0.4) is 0 Å². The molecule has 0 bridgehead atoms. The quantitative estimate of drug-likeness (QED) is 0.730. The zero-order valence-electron chi connectivity index (χ0n) is 11.1. The molecule has 100 valence electrons. The summed E-state index contributed by atoms with van der Waals surface area (Å²) in [5, 5.41) is 19.2. The van der Waals surface area contributed by atoms with Gasteiger partial charge in [0.2, 0.25) is 0 Å². The zero-order valence-corrected chi connectivity index (χ0v) is 11.1. The Morgan fingerprint density at radius 1 is 1.33 bits per heavy atom. The Bertz CT molecular complexity index is 385. The number of methoxy groups -OCH3 is 1.